The van der Waals surface area contributed by atoms with Crippen molar-refractivity contribution in [3.05, 3.63) is 65.7 Å². The van der Waals surface area contributed by atoms with Gasteiger partial charge in [0.1, 0.15) is 24.1 Å². The molecule has 0 bridgehead atoms. The Morgan fingerprint density at radius 2 is 1.74 bits per heavy atom. The van der Waals surface area contributed by atoms with Crippen LogP contribution in [0.4, 0.5) is 13.6 Å². The maximum absolute atomic E-state index is 14.1. The van der Waals surface area contributed by atoms with E-state index in [0.717, 1.165) is 4.90 Å². The minimum Gasteiger partial charge on any atom is -0.488 e. The van der Waals surface area contributed by atoms with Crippen molar-refractivity contribution in [2.75, 3.05) is 13.2 Å². The van der Waals surface area contributed by atoms with Crippen molar-refractivity contribution in [3.63, 3.8) is 0 Å². The van der Waals surface area contributed by atoms with Crippen LogP contribution in [0.15, 0.2) is 48.5 Å². The molecule has 2 atom stereocenters. The van der Waals surface area contributed by atoms with Gasteiger partial charge in [-0.25, -0.2) is 13.6 Å². The number of hydrogen-bond donors (Lipinski definition) is 2. The van der Waals surface area contributed by atoms with Gasteiger partial charge in [0.2, 0.25) is 0 Å². The first kappa shape index (κ1) is 18.8. The van der Waals surface area contributed by atoms with Crippen molar-refractivity contribution < 1.29 is 28.2 Å². The van der Waals surface area contributed by atoms with Crippen LogP contribution in [0.25, 0.3) is 0 Å². The Morgan fingerprint density at radius 3 is 2.41 bits per heavy atom. The van der Waals surface area contributed by atoms with Crippen LogP contribution in [-0.4, -0.2) is 41.2 Å². The lowest BCUT2D eigenvalue weighted by molar-refractivity contribution is -0.132. The van der Waals surface area contributed by atoms with Gasteiger partial charge in [-0.1, -0.05) is 30.3 Å². The first-order chi connectivity index (χ1) is 12.8. The summed E-state index contributed by atoms with van der Waals surface area (Å²) in [5.74, 6) is -1.96. The average Bonchev–Trinajstić information content (AvgIpc) is 2.85. The van der Waals surface area contributed by atoms with E-state index in [2.05, 4.69) is 5.32 Å². The topological polar surface area (TPSA) is 78.9 Å². The number of urea groups is 1. The van der Waals surface area contributed by atoms with Gasteiger partial charge in [-0.05, 0) is 25.1 Å². The fourth-order valence-electron chi connectivity index (χ4n) is 2.92. The molecular weight excluding hydrogens is 358 g/mol. The van der Waals surface area contributed by atoms with Gasteiger partial charge in [0.05, 0.1) is 6.54 Å². The van der Waals surface area contributed by atoms with E-state index in [1.807, 2.05) is 0 Å². The third-order valence-electron chi connectivity index (χ3n) is 4.35. The monoisotopic (exact) mass is 376 g/mol. The molecule has 0 saturated carbocycles. The Bertz CT molecular complexity index is 876. The molecule has 3 rings (SSSR count). The number of rotatable bonds is 6. The summed E-state index contributed by atoms with van der Waals surface area (Å²) in [6.07, 6.45) is -1.25. The van der Waals surface area contributed by atoms with Crippen molar-refractivity contribution in [1.82, 2.24) is 10.2 Å². The number of aliphatic hydroxyl groups is 1. The Labute approximate surface area is 154 Å². The van der Waals surface area contributed by atoms with E-state index in [4.69, 9.17) is 4.74 Å². The first-order valence-corrected chi connectivity index (χ1v) is 8.27. The fourth-order valence-corrected chi connectivity index (χ4v) is 2.92. The van der Waals surface area contributed by atoms with Crippen LogP contribution in [0.1, 0.15) is 12.5 Å². The summed E-state index contributed by atoms with van der Waals surface area (Å²) >= 11 is 0. The molecule has 2 aromatic rings. The number of para-hydroxylation sites is 1. The van der Waals surface area contributed by atoms with E-state index in [0.29, 0.717) is 0 Å². The number of carbonyl (C=O) groups is 2. The lowest BCUT2D eigenvalue weighted by Crippen LogP contribution is -2.43. The zero-order chi connectivity index (χ0) is 19.6. The molecule has 0 aromatic heterocycles. The highest BCUT2D eigenvalue weighted by molar-refractivity contribution is 6.07. The molecular formula is C19H18F2N2O4. The van der Waals surface area contributed by atoms with Crippen molar-refractivity contribution in [3.8, 4) is 5.75 Å². The predicted octanol–water partition coefficient (Wildman–Crippen LogP) is 2.17. The van der Waals surface area contributed by atoms with Gasteiger partial charge in [-0.15, -0.1) is 0 Å². The molecule has 1 fully saturated rings. The summed E-state index contributed by atoms with van der Waals surface area (Å²) in [6, 6.07) is 10.6. The highest BCUT2D eigenvalue weighted by Crippen LogP contribution is 2.30. The summed E-state index contributed by atoms with van der Waals surface area (Å²) in [6.45, 7) is 0.700. The molecule has 2 N–H and O–H groups in total. The Morgan fingerprint density at radius 1 is 1.11 bits per heavy atom. The molecule has 6 nitrogen and oxygen atoms in total. The number of aliphatic hydroxyl groups excluding tert-OH is 1. The number of benzene rings is 2. The number of imide groups is 1. The van der Waals surface area contributed by atoms with Crippen LogP contribution in [0, 0.1) is 11.6 Å². The highest BCUT2D eigenvalue weighted by Gasteiger charge is 2.50. The number of halogens is 2. The van der Waals surface area contributed by atoms with Gasteiger partial charge in [0, 0.05) is 5.56 Å². The van der Waals surface area contributed by atoms with Crippen LogP contribution in [0.2, 0.25) is 0 Å². The number of nitrogens with zero attached hydrogens (tertiary/aromatic N) is 1. The zero-order valence-electron chi connectivity index (χ0n) is 14.5. The van der Waals surface area contributed by atoms with Crippen LogP contribution < -0.4 is 10.1 Å². The minimum absolute atomic E-state index is 0.0305. The second-order valence-corrected chi connectivity index (χ2v) is 6.35. The lowest BCUT2D eigenvalue weighted by Gasteiger charge is -2.23. The molecule has 0 spiro atoms. The summed E-state index contributed by atoms with van der Waals surface area (Å²) in [5, 5.41) is 12.6. The van der Waals surface area contributed by atoms with E-state index in [1.54, 1.807) is 12.1 Å². The average molecular weight is 376 g/mol. The molecule has 0 radical (unpaired) electrons. The molecule has 1 saturated heterocycles. The molecule has 142 valence electrons. The molecule has 1 aliphatic heterocycles. The number of β-amino-alcohol motifs (C(OH)–C–C–N with tert-alkyl or cyclic N) is 1. The van der Waals surface area contributed by atoms with Gasteiger partial charge in [-0.2, -0.15) is 0 Å². The van der Waals surface area contributed by atoms with E-state index < -0.39 is 35.2 Å². The van der Waals surface area contributed by atoms with Crippen molar-refractivity contribution in [2.45, 2.75) is 18.6 Å². The molecule has 1 aliphatic rings. The first-order valence-electron chi connectivity index (χ1n) is 8.27. The SMILES string of the molecule is C[C@@]1(c2ccccc2F)NC(=O)N(C[C@H](O)COc2ccccc2F)C1=O. The quantitative estimate of drug-likeness (QED) is 0.758. The van der Waals surface area contributed by atoms with Gasteiger partial charge in [-0.3, -0.25) is 9.69 Å². The van der Waals surface area contributed by atoms with Crippen molar-refractivity contribution in [1.29, 1.82) is 0 Å². The summed E-state index contributed by atoms with van der Waals surface area (Å²) in [7, 11) is 0. The van der Waals surface area contributed by atoms with Crippen LogP contribution >= 0.6 is 0 Å². The third kappa shape index (κ3) is 3.61. The number of ether oxygens (including phenoxy) is 1. The smallest absolute Gasteiger partial charge is 0.325 e. The molecule has 0 unspecified atom stereocenters. The third-order valence-corrected chi connectivity index (χ3v) is 4.35. The van der Waals surface area contributed by atoms with Gasteiger partial charge < -0.3 is 15.2 Å². The Hall–Kier alpha value is -3.00. The number of amides is 3. The zero-order valence-corrected chi connectivity index (χ0v) is 14.5. The fraction of sp³-hybridized carbons (Fsp3) is 0.263. The Balaban J connectivity index is 1.69. The van der Waals surface area contributed by atoms with Gasteiger partial charge >= 0.3 is 6.03 Å². The maximum Gasteiger partial charge on any atom is 0.325 e. The van der Waals surface area contributed by atoms with Crippen molar-refractivity contribution >= 4 is 11.9 Å². The maximum atomic E-state index is 14.1. The Kier molecular flexibility index (Phi) is 5.09. The van der Waals surface area contributed by atoms with E-state index in [-0.39, 0.29) is 24.5 Å². The minimum atomic E-state index is -1.57. The van der Waals surface area contributed by atoms with Crippen LogP contribution in [0.5, 0.6) is 5.75 Å². The lowest BCUT2D eigenvalue weighted by atomic mass is 9.91. The second-order valence-electron chi connectivity index (χ2n) is 6.35. The molecule has 1 heterocycles. The number of hydrogen-bond acceptors (Lipinski definition) is 4. The molecule has 2 aromatic carbocycles. The predicted molar refractivity (Wildman–Crippen MR) is 91.9 cm³/mol. The van der Waals surface area contributed by atoms with Crippen LogP contribution in [0.3, 0.4) is 0 Å². The van der Waals surface area contributed by atoms with E-state index in [9.17, 15) is 23.5 Å². The molecule has 8 heteroatoms. The summed E-state index contributed by atoms with van der Waals surface area (Å²) in [4.78, 5) is 25.7. The molecule has 3 amide bonds. The van der Waals surface area contributed by atoms with Crippen LogP contribution in [-0.2, 0) is 10.3 Å². The van der Waals surface area contributed by atoms with Gasteiger partial charge in [0.25, 0.3) is 5.91 Å². The largest absolute Gasteiger partial charge is 0.488 e. The standard InChI is InChI=1S/C19H18F2N2O4/c1-19(13-6-2-3-7-14(13)20)17(25)23(18(26)22-19)10-12(24)11-27-16-9-5-4-8-15(16)21/h2-9,12,24H,10-11H2,1H3,(H,22,26)/t12-,19-/m0/s1. The molecule has 0 aliphatic carbocycles. The summed E-state index contributed by atoms with van der Waals surface area (Å²) in [5.41, 5.74) is -1.54. The van der Waals surface area contributed by atoms with Gasteiger partial charge in [0.15, 0.2) is 11.6 Å². The normalized spacial score (nSPS) is 20.5. The second kappa shape index (κ2) is 7.32. The van der Waals surface area contributed by atoms with Crippen molar-refractivity contribution in [2.24, 2.45) is 0 Å². The number of carbonyl (C=O) groups excluding carboxylic acids is 2. The molecule has 27 heavy (non-hydrogen) atoms. The van der Waals surface area contributed by atoms with E-state index >= 15 is 0 Å². The highest BCUT2D eigenvalue weighted by atomic mass is 19.1. The summed E-state index contributed by atoms with van der Waals surface area (Å²) < 4.78 is 32.8. The van der Waals surface area contributed by atoms with E-state index in [1.165, 1.54) is 43.3 Å². The number of nitrogens with one attached hydrogen (secondary N) is 1.